The molecule has 0 amide bonds. The molecule has 17 heavy (non-hydrogen) atoms. The van der Waals surface area contributed by atoms with Gasteiger partial charge in [-0.1, -0.05) is 61.0 Å². The maximum atomic E-state index is 5.89. The lowest BCUT2D eigenvalue weighted by molar-refractivity contribution is 0.679. The second-order valence-electron chi connectivity index (χ2n) is 4.48. The van der Waals surface area contributed by atoms with E-state index in [4.69, 9.17) is 11.6 Å². The number of benzene rings is 2. The molecule has 0 N–H and O–H groups in total. The first-order valence-electron chi connectivity index (χ1n) is 6.05. The molecule has 0 aliphatic heterocycles. The highest BCUT2D eigenvalue weighted by molar-refractivity contribution is 6.30. The van der Waals surface area contributed by atoms with Gasteiger partial charge in [-0.2, -0.15) is 0 Å². The molecule has 0 saturated heterocycles. The maximum Gasteiger partial charge on any atom is 0.0406 e. The van der Waals surface area contributed by atoms with Gasteiger partial charge in [0, 0.05) is 5.02 Å². The van der Waals surface area contributed by atoms with Gasteiger partial charge in [0.05, 0.1) is 0 Å². The lowest BCUT2D eigenvalue weighted by Crippen LogP contribution is -1.96. The zero-order valence-corrected chi connectivity index (χ0v) is 10.8. The molecule has 0 aromatic heterocycles. The Labute approximate surface area is 108 Å². The molecule has 1 heteroatoms. The molecule has 1 atom stereocenters. The molecule has 0 nitrogen and oxygen atoms in total. The van der Waals surface area contributed by atoms with Gasteiger partial charge in [-0.3, -0.25) is 0 Å². The van der Waals surface area contributed by atoms with E-state index in [1.54, 1.807) is 0 Å². The highest BCUT2D eigenvalue weighted by atomic mass is 35.5. The van der Waals surface area contributed by atoms with Crippen LogP contribution in [0.1, 0.15) is 30.4 Å². The summed E-state index contributed by atoms with van der Waals surface area (Å²) in [6, 6.07) is 18.8. The molecule has 88 valence electrons. The van der Waals surface area contributed by atoms with E-state index < -0.39 is 0 Å². The Morgan fingerprint density at radius 1 is 0.941 bits per heavy atom. The second-order valence-corrected chi connectivity index (χ2v) is 4.91. The third-order valence-corrected chi connectivity index (χ3v) is 3.40. The van der Waals surface area contributed by atoms with Crippen LogP contribution in [0.3, 0.4) is 0 Å². The maximum absolute atomic E-state index is 5.89. The van der Waals surface area contributed by atoms with Crippen LogP contribution in [0.15, 0.2) is 54.6 Å². The van der Waals surface area contributed by atoms with Crippen LogP contribution < -0.4 is 0 Å². The first-order chi connectivity index (χ1) is 8.25. The van der Waals surface area contributed by atoms with Gasteiger partial charge in [-0.15, -0.1) is 0 Å². The fraction of sp³-hybridized carbons (Fsp3) is 0.250. The summed E-state index contributed by atoms with van der Waals surface area (Å²) in [6.07, 6.45) is 2.30. The average Bonchev–Trinajstić information content (AvgIpc) is 2.38. The van der Waals surface area contributed by atoms with Crippen molar-refractivity contribution in [3.63, 3.8) is 0 Å². The van der Waals surface area contributed by atoms with Gasteiger partial charge >= 0.3 is 0 Å². The fourth-order valence-corrected chi connectivity index (χ4v) is 2.11. The van der Waals surface area contributed by atoms with E-state index in [0.29, 0.717) is 5.92 Å². The highest BCUT2D eigenvalue weighted by Crippen LogP contribution is 2.22. The van der Waals surface area contributed by atoms with Crippen molar-refractivity contribution in [1.29, 1.82) is 0 Å². The van der Waals surface area contributed by atoms with Crippen molar-refractivity contribution in [1.82, 2.24) is 0 Å². The van der Waals surface area contributed by atoms with Gasteiger partial charge in [0.25, 0.3) is 0 Å². The summed E-state index contributed by atoms with van der Waals surface area (Å²) < 4.78 is 0. The fourth-order valence-electron chi connectivity index (χ4n) is 1.99. The van der Waals surface area contributed by atoms with Gasteiger partial charge in [0.15, 0.2) is 0 Å². The van der Waals surface area contributed by atoms with Crippen molar-refractivity contribution in [2.75, 3.05) is 0 Å². The predicted molar refractivity (Wildman–Crippen MR) is 74.6 cm³/mol. The third-order valence-electron chi connectivity index (χ3n) is 3.15. The Hall–Kier alpha value is -1.27. The predicted octanol–water partition coefficient (Wildman–Crippen LogP) is 5.08. The van der Waals surface area contributed by atoms with Crippen LogP contribution >= 0.6 is 11.6 Å². The molecule has 0 bridgehead atoms. The standard InChI is InChI=1S/C16H17Cl/c1-13(15-9-11-16(17)12-10-15)7-8-14-5-3-2-4-6-14/h2-6,9-13H,7-8H2,1H3. The van der Waals surface area contributed by atoms with Crippen LogP contribution in [0.5, 0.6) is 0 Å². The number of rotatable bonds is 4. The van der Waals surface area contributed by atoms with Crippen molar-refractivity contribution < 1.29 is 0 Å². The van der Waals surface area contributed by atoms with E-state index in [1.807, 2.05) is 12.1 Å². The Bertz CT molecular complexity index is 445. The molecule has 2 aromatic rings. The minimum absolute atomic E-state index is 0.576. The summed E-state index contributed by atoms with van der Waals surface area (Å²) in [4.78, 5) is 0. The van der Waals surface area contributed by atoms with Crippen molar-refractivity contribution in [2.24, 2.45) is 0 Å². The first-order valence-corrected chi connectivity index (χ1v) is 6.43. The van der Waals surface area contributed by atoms with E-state index in [0.717, 1.165) is 11.4 Å². The van der Waals surface area contributed by atoms with Gasteiger partial charge in [0.2, 0.25) is 0 Å². The third kappa shape index (κ3) is 3.61. The molecule has 0 heterocycles. The number of hydrogen-bond donors (Lipinski definition) is 0. The lowest BCUT2D eigenvalue weighted by Gasteiger charge is -2.11. The molecule has 0 aliphatic rings. The quantitative estimate of drug-likeness (QED) is 0.704. The SMILES string of the molecule is CC(CCc1ccccc1)c1ccc(Cl)cc1. The summed E-state index contributed by atoms with van der Waals surface area (Å²) in [5.41, 5.74) is 2.78. The Morgan fingerprint density at radius 3 is 2.24 bits per heavy atom. The van der Waals surface area contributed by atoms with Crippen molar-refractivity contribution in [3.8, 4) is 0 Å². The molecule has 2 aromatic carbocycles. The monoisotopic (exact) mass is 244 g/mol. The van der Waals surface area contributed by atoms with Crippen molar-refractivity contribution in [2.45, 2.75) is 25.7 Å². The number of hydrogen-bond acceptors (Lipinski definition) is 0. The summed E-state index contributed by atoms with van der Waals surface area (Å²) in [7, 11) is 0. The van der Waals surface area contributed by atoms with E-state index in [1.165, 1.54) is 17.5 Å². The minimum atomic E-state index is 0.576. The van der Waals surface area contributed by atoms with E-state index in [9.17, 15) is 0 Å². The summed E-state index contributed by atoms with van der Waals surface area (Å²) >= 11 is 5.89. The first kappa shape index (κ1) is 12.2. The molecule has 0 saturated carbocycles. The molecule has 0 aliphatic carbocycles. The Morgan fingerprint density at radius 2 is 1.59 bits per heavy atom. The Balaban J connectivity index is 1.93. The van der Waals surface area contributed by atoms with E-state index in [-0.39, 0.29) is 0 Å². The molecule has 1 unspecified atom stereocenters. The van der Waals surface area contributed by atoms with E-state index in [2.05, 4.69) is 49.4 Å². The van der Waals surface area contributed by atoms with Crippen molar-refractivity contribution in [3.05, 3.63) is 70.7 Å². The molecule has 2 rings (SSSR count). The van der Waals surface area contributed by atoms with Gasteiger partial charge in [0.1, 0.15) is 0 Å². The van der Waals surface area contributed by atoms with Gasteiger partial charge in [-0.25, -0.2) is 0 Å². The molecule has 0 radical (unpaired) electrons. The Kier molecular flexibility index (Phi) is 4.22. The smallest absolute Gasteiger partial charge is 0.0406 e. The topological polar surface area (TPSA) is 0 Å². The van der Waals surface area contributed by atoms with Crippen LogP contribution in [0.25, 0.3) is 0 Å². The molecule has 0 spiro atoms. The van der Waals surface area contributed by atoms with E-state index >= 15 is 0 Å². The average molecular weight is 245 g/mol. The lowest BCUT2D eigenvalue weighted by atomic mass is 9.94. The summed E-state index contributed by atoms with van der Waals surface area (Å²) in [6.45, 7) is 2.27. The number of aryl methyl sites for hydroxylation is 1. The van der Waals surface area contributed by atoms with Gasteiger partial charge < -0.3 is 0 Å². The van der Waals surface area contributed by atoms with Crippen LogP contribution in [0.4, 0.5) is 0 Å². The summed E-state index contributed by atoms with van der Waals surface area (Å²) in [5.74, 6) is 0.576. The molecular formula is C16H17Cl. The normalized spacial score (nSPS) is 12.4. The van der Waals surface area contributed by atoms with Gasteiger partial charge in [-0.05, 0) is 42.0 Å². The number of halogens is 1. The van der Waals surface area contributed by atoms with Crippen LogP contribution in [0.2, 0.25) is 5.02 Å². The second kappa shape index (κ2) is 5.88. The minimum Gasteiger partial charge on any atom is -0.0843 e. The van der Waals surface area contributed by atoms with Crippen LogP contribution in [0, 0.1) is 0 Å². The zero-order chi connectivity index (χ0) is 12.1. The van der Waals surface area contributed by atoms with Crippen molar-refractivity contribution >= 4 is 11.6 Å². The zero-order valence-electron chi connectivity index (χ0n) is 10.1. The van der Waals surface area contributed by atoms with Crippen LogP contribution in [-0.2, 0) is 6.42 Å². The highest BCUT2D eigenvalue weighted by Gasteiger charge is 2.05. The summed E-state index contributed by atoms with van der Waals surface area (Å²) in [5, 5.41) is 0.809. The largest absolute Gasteiger partial charge is 0.0843 e. The molecule has 0 fully saturated rings. The molecular weight excluding hydrogens is 228 g/mol. The van der Waals surface area contributed by atoms with Crippen LogP contribution in [-0.4, -0.2) is 0 Å².